The zero-order valence-corrected chi connectivity index (χ0v) is 25.5. The van der Waals surface area contributed by atoms with Gasteiger partial charge in [-0.2, -0.15) is 5.26 Å². The smallest absolute Gasteiger partial charge is 0.157 e. The number of aldehydes is 2. The van der Waals surface area contributed by atoms with Crippen LogP contribution in [0.4, 0.5) is 0 Å². The molecule has 0 spiro atoms. The molecule has 0 atom stereocenters. The van der Waals surface area contributed by atoms with Crippen LogP contribution in [0.1, 0.15) is 38.2 Å². The monoisotopic (exact) mass is 616 g/mol. The number of halogens is 1. The van der Waals surface area contributed by atoms with E-state index in [9.17, 15) is 9.59 Å². The topological polar surface area (TPSA) is 98.5 Å². The van der Waals surface area contributed by atoms with Crippen molar-refractivity contribution in [1.29, 1.82) is 5.26 Å². The van der Waals surface area contributed by atoms with Crippen molar-refractivity contribution in [3.05, 3.63) is 130 Å². The summed E-state index contributed by atoms with van der Waals surface area (Å²) in [5, 5.41) is 9.42. The molecule has 0 aliphatic rings. The van der Waals surface area contributed by atoms with Crippen molar-refractivity contribution in [3.8, 4) is 45.6 Å². The van der Waals surface area contributed by atoms with Crippen molar-refractivity contribution in [1.82, 2.24) is 4.98 Å². The van der Waals surface area contributed by atoms with E-state index < -0.39 is 0 Å². The Kier molecular flexibility index (Phi) is 9.88. The second-order valence-electron chi connectivity index (χ2n) is 10.3. The summed E-state index contributed by atoms with van der Waals surface area (Å²) in [5.41, 5.74) is 8.90. The molecule has 1 aromatic heterocycles. The van der Waals surface area contributed by atoms with Crippen molar-refractivity contribution in [2.75, 3.05) is 6.61 Å². The highest BCUT2D eigenvalue weighted by Crippen LogP contribution is 2.36. The van der Waals surface area contributed by atoms with Crippen LogP contribution in [0.25, 0.3) is 22.3 Å². The second-order valence-corrected chi connectivity index (χ2v) is 10.7. The van der Waals surface area contributed by atoms with Gasteiger partial charge in [-0.15, -0.1) is 0 Å². The van der Waals surface area contributed by atoms with Crippen molar-refractivity contribution in [3.63, 3.8) is 0 Å². The first-order valence-electron chi connectivity index (χ1n) is 14.2. The van der Waals surface area contributed by atoms with Crippen molar-refractivity contribution in [2.45, 2.75) is 27.1 Å². The average Bonchev–Trinajstić information content (AvgIpc) is 3.07. The Balaban J connectivity index is 1.36. The lowest BCUT2D eigenvalue weighted by atomic mass is 9.89. The molecule has 0 N–H and O–H groups in total. The van der Waals surface area contributed by atoms with E-state index in [1.807, 2.05) is 42.5 Å². The maximum absolute atomic E-state index is 11.7. The van der Waals surface area contributed by atoms with Gasteiger partial charge in [-0.25, -0.2) is 0 Å². The largest absolute Gasteiger partial charge is 0.488 e. The molecule has 0 saturated carbocycles. The number of nitriles is 1. The average molecular weight is 617 g/mol. The summed E-state index contributed by atoms with van der Waals surface area (Å²) in [6.07, 6.45) is 4.47. The molecule has 0 aliphatic heterocycles. The number of benzene rings is 4. The molecule has 0 unspecified atom stereocenters. The van der Waals surface area contributed by atoms with Gasteiger partial charge in [0.2, 0.25) is 0 Å². The number of nitrogens with zero attached hydrogens (tertiary/aromatic N) is 2. The van der Waals surface area contributed by atoms with Crippen LogP contribution in [0, 0.1) is 25.2 Å². The minimum atomic E-state index is 0.0233. The fourth-order valence-electron chi connectivity index (χ4n) is 5.05. The maximum Gasteiger partial charge on any atom is 0.157 e. The van der Waals surface area contributed by atoms with Gasteiger partial charge in [-0.05, 0) is 77.1 Å². The van der Waals surface area contributed by atoms with Crippen LogP contribution in [-0.4, -0.2) is 24.2 Å². The van der Waals surface area contributed by atoms with Crippen LogP contribution in [0.2, 0.25) is 5.02 Å². The van der Waals surface area contributed by atoms with E-state index in [2.05, 4.69) is 43.1 Å². The molecule has 5 aromatic rings. The van der Waals surface area contributed by atoms with E-state index in [-0.39, 0.29) is 30.4 Å². The molecule has 1 heterocycles. The first-order chi connectivity index (χ1) is 21.9. The van der Waals surface area contributed by atoms with Crippen LogP contribution in [0.5, 0.6) is 17.2 Å². The first-order valence-corrected chi connectivity index (χ1v) is 14.5. The second kappa shape index (κ2) is 14.3. The van der Waals surface area contributed by atoms with E-state index in [4.69, 9.17) is 31.1 Å². The summed E-state index contributed by atoms with van der Waals surface area (Å²) >= 11 is 6.49. The minimum Gasteiger partial charge on any atom is -0.488 e. The summed E-state index contributed by atoms with van der Waals surface area (Å²) in [6.45, 7) is 4.55. The third-order valence-corrected chi connectivity index (χ3v) is 7.74. The molecule has 0 bridgehead atoms. The number of hydrogen-bond acceptors (Lipinski definition) is 7. The minimum absolute atomic E-state index is 0.0233. The molecular weight excluding hydrogens is 588 g/mol. The molecule has 224 valence electrons. The molecule has 45 heavy (non-hydrogen) atoms. The molecular formula is C37H29ClN2O5. The number of carbonyl (C=O) groups is 2. The Morgan fingerprint density at radius 1 is 0.800 bits per heavy atom. The quantitative estimate of drug-likeness (QED) is 0.131. The molecule has 0 amide bonds. The highest BCUT2D eigenvalue weighted by Gasteiger charge is 2.15. The molecule has 5 rings (SSSR count). The highest BCUT2D eigenvalue weighted by atomic mass is 35.5. The van der Waals surface area contributed by atoms with Gasteiger partial charge in [0, 0.05) is 24.0 Å². The Bertz CT molecular complexity index is 1900. The third-order valence-electron chi connectivity index (χ3n) is 7.45. The molecule has 0 radical (unpaired) electrons. The van der Waals surface area contributed by atoms with Gasteiger partial charge >= 0.3 is 0 Å². The standard InChI is InChI=1S/C37H29ClN2O5/c1-24-29(23-45-37-17-36(30(21-42)16-35(37)38)44-22-27-15-26(18-39)19-40-20-27)5-3-7-33(24)34-8-4-6-32(25(34)2)28-9-11-31(12-10-28)43-14-13-41/h3-13,15-17,19-21H,14,22-23H2,1-2H3. The Morgan fingerprint density at radius 2 is 1.51 bits per heavy atom. The summed E-state index contributed by atoms with van der Waals surface area (Å²) in [4.78, 5) is 26.4. The Hall–Kier alpha value is -5.45. The number of hydrogen-bond donors (Lipinski definition) is 0. The van der Waals surface area contributed by atoms with Crippen LogP contribution in [0.3, 0.4) is 0 Å². The number of carbonyl (C=O) groups excluding carboxylic acids is 2. The molecule has 7 nitrogen and oxygen atoms in total. The van der Waals surface area contributed by atoms with Crippen LogP contribution >= 0.6 is 11.6 Å². The van der Waals surface area contributed by atoms with E-state index in [1.54, 1.807) is 18.3 Å². The van der Waals surface area contributed by atoms with Crippen LogP contribution < -0.4 is 14.2 Å². The Labute approximate surface area is 266 Å². The first kappa shape index (κ1) is 31.0. The van der Waals surface area contributed by atoms with Gasteiger partial charge in [0.25, 0.3) is 0 Å². The number of pyridine rings is 1. The fourth-order valence-corrected chi connectivity index (χ4v) is 5.28. The van der Waals surface area contributed by atoms with Gasteiger partial charge in [0.05, 0.1) is 16.1 Å². The van der Waals surface area contributed by atoms with Gasteiger partial charge in [0.15, 0.2) is 12.6 Å². The normalized spacial score (nSPS) is 10.5. The predicted octanol–water partition coefficient (Wildman–Crippen LogP) is 8.11. The van der Waals surface area contributed by atoms with E-state index in [0.717, 1.165) is 45.2 Å². The summed E-state index contributed by atoms with van der Waals surface area (Å²) in [7, 11) is 0. The van der Waals surface area contributed by atoms with E-state index in [0.29, 0.717) is 34.7 Å². The zero-order chi connectivity index (χ0) is 31.8. The van der Waals surface area contributed by atoms with Crippen molar-refractivity contribution >= 4 is 24.2 Å². The molecule has 0 fully saturated rings. The number of aromatic nitrogens is 1. The maximum atomic E-state index is 11.7. The molecule has 0 saturated heterocycles. The molecule has 4 aromatic carbocycles. The van der Waals surface area contributed by atoms with Gasteiger partial charge < -0.3 is 14.2 Å². The summed E-state index contributed by atoms with van der Waals surface area (Å²) in [5.74, 6) is 1.34. The van der Waals surface area contributed by atoms with Gasteiger partial charge in [-0.3, -0.25) is 14.6 Å². The Morgan fingerprint density at radius 3 is 2.24 bits per heavy atom. The van der Waals surface area contributed by atoms with Crippen LogP contribution in [0.15, 0.2) is 91.3 Å². The predicted molar refractivity (Wildman–Crippen MR) is 173 cm³/mol. The number of rotatable bonds is 12. The highest BCUT2D eigenvalue weighted by molar-refractivity contribution is 6.32. The zero-order valence-electron chi connectivity index (χ0n) is 24.7. The summed E-state index contributed by atoms with van der Waals surface area (Å²) < 4.78 is 17.5. The summed E-state index contributed by atoms with van der Waals surface area (Å²) in [6, 6.07) is 26.9. The SMILES string of the molecule is Cc1c(COc2cc(OCc3cncc(C#N)c3)c(C=O)cc2Cl)cccc1-c1cccc(-c2ccc(OCC=O)cc2)c1C. The van der Waals surface area contributed by atoms with E-state index >= 15 is 0 Å². The lowest BCUT2D eigenvalue weighted by Gasteiger charge is -2.17. The lowest BCUT2D eigenvalue weighted by molar-refractivity contribution is -0.109. The molecule has 0 aliphatic carbocycles. The molecule has 8 heteroatoms. The van der Waals surface area contributed by atoms with E-state index in [1.165, 1.54) is 12.3 Å². The van der Waals surface area contributed by atoms with Crippen molar-refractivity contribution < 1.29 is 23.8 Å². The lowest BCUT2D eigenvalue weighted by Crippen LogP contribution is -2.03. The third kappa shape index (κ3) is 7.20. The van der Waals surface area contributed by atoms with Crippen LogP contribution in [-0.2, 0) is 18.0 Å². The van der Waals surface area contributed by atoms with Crippen molar-refractivity contribution in [2.24, 2.45) is 0 Å². The number of ether oxygens (including phenoxy) is 3. The van der Waals surface area contributed by atoms with Gasteiger partial charge in [-0.1, -0.05) is 60.1 Å². The van der Waals surface area contributed by atoms with Gasteiger partial charge in [0.1, 0.15) is 43.1 Å². The fraction of sp³-hybridized carbons (Fsp3) is 0.135.